The van der Waals surface area contributed by atoms with E-state index < -0.39 is 0 Å². The van der Waals surface area contributed by atoms with Crippen molar-refractivity contribution >= 4 is 24.3 Å². The summed E-state index contributed by atoms with van der Waals surface area (Å²) in [5.41, 5.74) is 12.4. The summed E-state index contributed by atoms with van der Waals surface area (Å²) in [6, 6.07) is 9.80. The first-order valence-electron chi connectivity index (χ1n) is 5.49. The van der Waals surface area contributed by atoms with Crippen molar-refractivity contribution in [3.63, 3.8) is 0 Å². The normalized spacial score (nSPS) is 10.9. The fourth-order valence-electron chi connectivity index (χ4n) is 1.39. The monoisotopic (exact) mass is 269 g/mol. The maximum atomic E-state index is 7.52. The first-order chi connectivity index (χ1) is 8.00. The van der Waals surface area contributed by atoms with Crippen LogP contribution in [0.15, 0.2) is 35.3 Å². The summed E-state index contributed by atoms with van der Waals surface area (Å²) in [6.45, 7) is 4.31. The zero-order valence-corrected chi connectivity index (χ0v) is 11.4. The molecule has 100 valence electrons. The Morgan fingerprint density at radius 2 is 1.83 bits per heavy atom. The van der Waals surface area contributed by atoms with Gasteiger partial charge < -0.3 is 11.5 Å². The average Bonchev–Trinajstić information content (AvgIpc) is 2.25. The third-order valence-corrected chi connectivity index (χ3v) is 2.14. The maximum absolute atomic E-state index is 7.52. The van der Waals surface area contributed by atoms with Crippen molar-refractivity contribution in [3.8, 4) is 0 Å². The molecule has 6 heteroatoms. The molecule has 0 fully saturated rings. The van der Waals surface area contributed by atoms with Crippen LogP contribution in [0.2, 0.25) is 0 Å². The summed E-state index contributed by atoms with van der Waals surface area (Å²) in [6.07, 6.45) is 0. The largest absolute Gasteiger partial charge is 0.370 e. The number of hydrogen-bond donors (Lipinski definition) is 3. The molecule has 0 aromatic heterocycles. The smallest absolute Gasteiger partial charge is 0.198 e. The van der Waals surface area contributed by atoms with Crippen LogP contribution in [-0.2, 0) is 6.54 Å². The van der Waals surface area contributed by atoms with Gasteiger partial charge in [0.2, 0.25) is 0 Å². The Hall–Kier alpha value is -1.75. The van der Waals surface area contributed by atoms with Crippen LogP contribution in [-0.4, -0.2) is 22.9 Å². The fraction of sp³-hybridized carbons (Fsp3) is 0.333. The molecular formula is C12H20ClN5. The molecule has 0 amide bonds. The first kappa shape index (κ1) is 16.2. The Morgan fingerprint density at radius 3 is 2.28 bits per heavy atom. The SMILES string of the molecule is CC(C)N=C(N)N(Cc1ccccc1)C(=N)N.Cl. The average molecular weight is 270 g/mol. The Balaban J connectivity index is 0.00000289. The molecule has 5 N–H and O–H groups in total. The second-order valence-corrected chi connectivity index (χ2v) is 4.04. The number of halogens is 1. The number of hydrogen-bond acceptors (Lipinski definition) is 2. The van der Waals surface area contributed by atoms with Crippen LogP contribution < -0.4 is 11.5 Å². The van der Waals surface area contributed by atoms with Crippen molar-refractivity contribution < 1.29 is 0 Å². The van der Waals surface area contributed by atoms with Gasteiger partial charge in [0.15, 0.2) is 11.9 Å². The summed E-state index contributed by atoms with van der Waals surface area (Å²) in [5.74, 6) is 0.173. The van der Waals surface area contributed by atoms with Gasteiger partial charge in [-0.05, 0) is 19.4 Å². The van der Waals surface area contributed by atoms with E-state index in [0.717, 1.165) is 5.56 Å². The van der Waals surface area contributed by atoms with E-state index >= 15 is 0 Å². The van der Waals surface area contributed by atoms with Crippen LogP contribution >= 0.6 is 12.4 Å². The van der Waals surface area contributed by atoms with Gasteiger partial charge >= 0.3 is 0 Å². The Kier molecular flexibility index (Phi) is 6.82. The molecule has 0 aliphatic carbocycles. The summed E-state index contributed by atoms with van der Waals surface area (Å²) in [7, 11) is 0. The van der Waals surface area contributed by atoms with Gasteiger partial charge in [-0.2, -0.15) is 0 Å². The molecule has 1 aromatic rings. The minimum absolute atomic E-state index is 0. The first-order valence-corrected chi connectivity index (χ1v) is 5.49. The van der Waals surface area contributed by atoms with Gasteiger partial charge in [0.25, 0.3) is 0 Å². The van der Waals surface area contributed by atoms with E-state index in [9.17, 15) is 0 Å². The van der Waals surface area contributed by atoms with E-state index in [1.807, 2.05) is 44.2 Å². The molecular weight excluding hydrogens is 250 g/mol. The predicted molar refractivity (Wildman–Crippen MR) is 77.9 cm³/mol. The van der Waals surface area contributed by atoms with Gasteiger partial charge in [0.1, 0.15) is 0 Å². The van der Waals surface area contributed by atoms with Gasteiger partial charge in [-0.1, -0.05) is 30.3 Å². The number of nitrogens with two attached hydrogens (primary N) is 2. The van der Waals surface area contributed by atoms with Gasteiger partial charge in [-0.25, -0.2) is 0 Å². The Morgan fingerprint density at radius 1 is 1.28 bits per heavy atom. The quantitative estimate of drug-likeness (QED) is 0.574. The predicted octanol–water partition coefficient (Wildman–Crippen LogP) is 1.53. The Bertz CT molecular complexity index is 402. The molecule has 18 heavy (non-hydrogen) atoms. The Labute approximate surface area is 114 Å². The molecule has 0 bridgehead atoms. The van der Waals surface area contributed by atoms with Crippen molar-refractivity contribution in [1.82, 2.24) is 4.90 Å². The number of rotatable bonds is 3. The van der Waals surface area contributed by atoms with E-state index in [4.69, 9.17) is 16.9 Å². The zero-order chi connectivity index (χ0) is 12.8. The lowest BCUT2D eigenvalue weighted by Crippen LogP contribution is -2.45. The number of aliphatic imine (C=N–C) groups is 1. The van der Waals surface area contributed by atoms with Gasteiger partial charge in [-0.3, -0.25) is 15.3 Å². The molecule has 0 radical (unpaired) electrons. The summed E-state index contributed by atoms with van der Waals surface area (Å²) in [5, 5.41) is 7.52. The molecule has 0 unspecified atom stereocenters. The zero-order valence-electron chi connectivity index (χ0n) is 10.6. The van der Waals surface area contributed by atoms with E-state index in [2.05, 4.69) is 4.99 Å². The van der Waals surface area contributed by atoms with E-state index in [-0.39, 0.29) is 30.4 Å². The highest BCUT2D eigenvalue weighted by Crippen LogP contribution is 2.04. The molecule has 0 heterocycles. The molecule has 1 aromatic carbocycles. The minimum Gasteiger partial charge on any atom is -0.370 e. The van der Waals surface area contributed by atoms with Crippen molar-refractivity contribution in [2.75, 3.05) is 0 Å². The topological polar surface area (TPSA) is 91.5 Å². The number of nitrogens with zero attached hydrogens (tertiary/aromatic N) is 2. The van der Waals surface area contributed by atoms with Crippen LogP contribution in [0, 0.1) is 5.41 Å². The molecule has 0 aliphatic heterocycles. The van der Waals surface area contributed by atoms with Crippen LogP contribution in [0.1, 0.15) is 19.4 Å². The van der Waals surface area contributed by atoms with Crippen molar-refractivity contribution in [2.24, 2.45) is 16.5 Å². The second-order valence-electron chi connectivity index (χ2n) is 4.04. The molecule has 0 spiro atoms. The summed E-state index contributed by atoms with van der Waals surface area (Å²) in [4.78, 5) is 5.68. The third kappa shape index (κ3) is 5.05. The molecule has 0 saturated carbocycles. The van der Waals surface area contributed by atoms with Crippen molar-refractivity contribution in [3.05, 3.63) is 35.9 Å². The van der Waals surface area contributed by atoms with E-state index in [1.165, 1.54) is 4.90 Å². The van der Waals surface area contributed by atoms with Crippen molar-refractivity contribution in [1.29, 1.82) is 5.41 Å². The highest BCUT2D eigenvalue weighted by Gasteiger charge is 2.12. The van der Waals surface area contributed by atoms with E-state index in [0.29, 0.717) is 6.54 Å². The van der Waals surface area contributed by atoms with Crippen LogP contribution in [0.25, 0.3) is 0 Å². The second kappa shape index (κ2) is 7.55. The number of benzene rings is 1. The van der Waals surface area contributed by atoms with Crippen LogP contribution in [0.5, 0.6) is 0 Å². The van der Waals surface area contributed by atoms with Crippen molar-refractivity contribution in [2.45, 2.75) is 26.4 Å². The van der Waals surface area contributed by atoms with E-state index in [1.54, 1.807) is 0 Å². The van der Waals surface area contributed by atoms with Gasteiger partial charge in [0.05, 0.1) is 6.54 Å². The van der Waals surface area contributed by atoms with Gasteiger partial charge in [0, 0.05) is 6.04 Å². The maximum Gasteiger partial charge on any atom is 0.198 e. The summed E-state index contributed by atoms with van der Waals surface area (Å²) < 4.78 is 0. The number of guanidine groups is 2. The molecule has 0 saturated heterocycles. The lowest BCUT2D eigenvalue weighted by atomic mass is 10.2. The lowest BCUT2D eigenvalue weighted by Gasteiger charge is -2.22. The fourth-order valence-corrected chi connectivity index (χ4v) is 1.39. The standard InChI is InChI=1S/C12H19N5.ClH/c1-9(2)16-12(15)17(11(13)14)8-10-6-4-3-5-7-10;/h3-7,9H,8H2,1-2H3,(H3,13,14)(H2,15,16);1H. The highest BCUT2D eigenvalue weighted by molar-refractivity contribution is 5.95. The third-order valence-electron chi connectivity index (χ3n) is 2.14. The number of nitrogens with one attached hydrogen (secondary N) is 1. The van der Waals surface area contributed by atoms with Gasteiger partial charge in [-0.15, -0.1) is 12.4 Å². The summed E-state index contributed by atoms with van der Waals surface area (Å²) >= 11 is 0. The van der Waals surface area contributed by atoms with Crippen LogP contribution in [0.3, 0.4) is 0 Å². The molecule has 0 atom stereocenters. The minimum atomic E-state index is -0.101. The molecule has 5 nitrogen and oxygen atoms in total. The highest BCUT2D eigenvalue weighted by atomic mass is 35.5. The van der Waals surface area contributed by atoms with Crippen LogP contribution in [0.4, 0.5) is 0 Å². The lowest BCUT2D eigenvalue weighted by molar-refractivity contribution is 0.577. The molecule has 1 rings (SSSR count). The molecule has 0 aliphatic rings.